The zero-order chi connectivity index (χ0) is 12.4. The Kier molecular flexibility index (Phi) is 3.69. The van der Waals surface area contributed by atoms with Crippen LogP contribution in [-0.2, 0) is 6.42 Å². The molecule has 0 saturated carbocycles. The Morgan fingerprint density at radius 1 is 1.24 bits per heavy atom. The molecule has 7 heteroatoms. The van der Waals surface area contributed by atoms with Crippen molar-refractivity contribution in [3.63, 3.8) is 0 Å². The maximum atomic E-state index is 6.22. The van der Waals surface area contributed by atoms with E-state index in [1.807, 2.05) is 13.8 Å². The lowest BCUT2D eigenvalue weighted by Gasteiger charge is -2.05. The van der Waals surface area contributed by atoms with E-state index in [0.717, 1.165) is 18.4 Å². The summed E-state index contributed by atoms with van der Waals surface area (Å²) in [6.07, 6.45) is 1.68. The van der Waals surface area contributed by atoms with Crippen molar-refractivity contribution in [2.75, 3.05) is 6.61 Å². The summed E-state index contributed by atoms with van der Waals surface area (Å²) in [6, 6.07) is 0.256. The largest absolute Gasteiger partial charge is 0.463 e. The first-order valence-corrected chi connectivity index (χ1v) is 6.16. The van der Waals surface area contributed by atoms with Gasteiger partial charge in [-0.1, -0.05) is 36.5 Å². The third-order valence-corrected chi connectivity index (χ3v) is 2.93. The highest BCUT2D eigenvalue weighted by Gasteiger charge is 2.15. The first-order chi connectivity index (χ1) is 8.17. The van der Waals surface area contributed by atoms with Crippen molar-refractivity contribution in [2.24, 2.45) is 0 Å². The molecular weight excluding hydrogens is 263 g/mol. The molecule has 0 radical (unpaired) electrons. The lowest BCUT2D eigenvalue weighted by Crippen LogP contribution is -2.00. The lowest BCUT2D eigenvalue weighted by molar-refractivity contribution is 0.313. The van der Waals surface area contributed by atoms with Gasteiger partial charge in [0.05, 0.1) is 6.61 Å². The minimum absolute atomic E-state index is 0.256. The molecular formula is C10H12Cl2N4O. The third kappa shape index (κ3) is 2.30. The van der Waals surface area contributed by atoms with Crippen molar-refractivity contribution in [1.29, 1.82) is 0 Å². The third-order valence-electron chi connectivity index (χ3n) is 2.23. The van der Waals surface area contributed by atoms with E-state index in [4.69, 9.17) is 27.9 Å². The molecule has 0 aliphatic rings. The van der Waals surface area contributed by atoms with E-state index in [1.165, 1.54) is 4.52 Å². The van der Waals surface area contributed by atoms with Gasteiger partial charge in [-0.25, -0.2) is 0 Å². The average molecular weight is 275 g/mol. The quantitative estimate of drug-likeness (QED) is 0.805. The molecule has 0 saturated heterocycles. The van der Waals surface area contributed by atoms with Crippen LogP contribution < -0.4 is 4.74 Å². The van der Waals surface area contributed by atoms with E-state index < -0.39 is 0 Å². The van der Waals surface area contributed by atoms with E-state index in [1.54, 1.807) is 0 Å². The number of fused-ring (bicyclic) bond motifs is 1. The Morgan fingerprint density at radius 2 is 2.00 bits per heavy atom. The summed E-state index contributed by atoms with van der Waals surface area (Å²) in [7, 11) is 0. The number of rotatable bonds is 4. The van der Waals surface area contributed by atoms with Crippen molar-refractivity contribution in [1.82, 2.24) is 19.6 Å². The van der Waals surface area contributed by atoms with Gasteiger partial charge >= 0.3 is 6.01 Å². The normalized spacial score (nSPS) is 11.1. The summed E-state index contributed by atoms with van der Waals surface area (Å²) in [5, 5.41) is 4.94. The predicted molar refractivity (Wildman–Crippen MR) is 66.0 cm³/mol. The molecule has 0 fully saturated rings. The van der Waals surface area contributed by atoms with Gasteiger partial charge < -0.3 is 4.74 Å². The smallest absolute Gasteiger partial charge is 0.337 e. The van der Waals surface area contributed by atoms with Crippen molar-refractivity contribution in [2.45, 2.75) is 26.7 Å². The van der Waals surface area contributed by atoms with Crippen LogP contribution in [0.1, 0.15) is 25.8 Å². The molecule has 0 amide bonds. The number of aromatic nitrogens is 4. The maximum absolute atomic E-state index is 6.22. The van der Waals surface area contributed by atoms with E-state index in [0.29, 0.717) is 22.7 Å². The molecule has 92 valence electrons. The summed E-state index contributed by atoms with van der Waals surface area (Å²) < 4.78 is 6.65. The van der Waals surface area contributed by atoms with E-state index in [-0.39, 0.29) is 6.01 Å². The number of nitrogens with zero attached hydrogens (tertiary/aromatic N) is 4. The van der Waals surface area contributed by atoms with Gasteiger partial charge in [0.25, 0.3) is 5.78 Å². The number of hydrogen-bond acceptors (Lipinski definition) is 4. The number of halogens is 2. The predicted octanol–water partition coefficient (Wildman–Crippen LogP) is 2.78. The van der Waals surface area contributed by atoms with Crippen LogP contribution >= 0.6 is 23.2 Å². The molecule has 5 nitrogen and oxygen atoms in total. The van der Waals surface area contributed by atoms with Crippen LogP contribution in [-0.4, -0.2) is 26.2 Å². The fraction of sp³-hybridized carbons (Fsp3) is 0.500. The molecule has 0 aliphatic heterocycles. The average Bonchev–Trinajstić information content (AvgIpc) is 2.67. The molecule has 2 aromatic rings. The monoisotopic (exact) mass is 274 g/mol. The highest BCUT2D eigenvalue weighted by molar-refractivity contribution is 6.34. The fourth-order valence-electron chi connectivity index (χ4n) is 1.50. The van der Waals surface area contributed by atoms with E-state index >= 15 is 0 Å². The second-order valence-electron chi connectivity index (χ2n) is 3.46. The van der Waals surface area contributed by atoms with Gasteiger partial charge in [0, 0.05) is 5.56 Å². The molecule has 2 aromatic heterocycles. The molecule has 0 aliphatic carbocycles. The molecule has 0 unspecified atom stereocenters. The van der Waals surface area contributed by atoms with Gasteiger partial charge in [0.15, 0.2) is 0 Å². The Morgan fingerprint density at radius 3 is 2.65 bits per heavy atom. The standard InChI is InChI=1S/C10H12Cl2N4O/c1-3-5-6-7(11)13-9-14-10(17-4-2)15-16(9)8(6)12/h3-5H2,1-2H3. The Labute approximate surface area is 109 Å². The first kappa shape index (κ1) is 12.4. The molecule has 2 heterocycles. The summed E-state index contributed by atoms with van der Waals surface area (Å²) in [5.74, 6) is 0.350. The molecule has 0 aromatic carbocycles. The van der Waals surface area contributed by atoms with Crippen LogP contribution in [0.4, 0.5) is 0 Å². The summed E-state index contributed by atoms with van der Waals surface area (Å²) in [4.78, 5) is 8.22. The number of hydrogen-bond donors (Lipinski definition) is 0. The molecule has 0 N–H and O–H groups in total. The van der Waals surface area contributed by atoms with Gasteiger partial charge in [-0.15, -0.1) is 5.10 Å². The minimum Gasteiger partial charge on any atom is -0.463 e. The van der Waals surface area contributed by atoms with Gasteiger partial charge in [0.2, 0.25) is 0 Å². The van der Waals surface area contributed by atoms with Gasteiger partial charge in [-0.2, -0.15) is 14.5 Å². The Hall–Kier alpha value is -1.07. The Bertz CT molecular complexity index is 541. The fourth-order valence-corrected chi connectivity index (χ4v) is 2.11. The van der Waals surface area contributed by atoms with Gasteiger partial charge in [-0.05, 0) is 13.3 Å². The molecule has 0 atom stereocenters. The van der Waals surface area contributed by atoms with Crippen LogP contribution in [0.15, 0.2) is 0 Å². The summed E-state index contributed by atoms with van der Waals surface area (Å²) in [6.45, 7) is 4.39. The topological polar surface area (TPSA) is 52.3 Å². The minimum atomic E-state index is 0.256. The lowest BCUT2D eigenvalue weighted by atomic mass is 10.2. The van der Waals surface area contributed by atoms with Crippen molar-refractivity contribution < 1.29 is 4.74 Å². The maximum Gasteiger partial charge on any atom is 0.337 e. The van der Waals surface area contributed by atoms with Crippen molar-refractivity contribution >= 4 is 29.0 Å². The second-order valence-corrected chi connectivity index (χ2v) is 4.18. The van der Waals surface area contributed by atoms with Crippen LogP contribution in [0.25, 0.3) is 5.78 Å². The molecule has 0 bridgehead atoms. The van der Waals surface area contributed by atoms with Crippen molar-refractivity contribution in [3.8, 4) is 6.01 Å². The molecule has 17 heavy (non-hydrogen) atoms. The zero-order valence-corrected chi connectivity index (χ0v) is 11.1. The molecule has 2 rings (SSSR count). The van der Waals surface area contributed by atoms with Crippen LogP contribution in [0.3, 0.4) is 0 Å². The number of ether oxygens (including phenoxy) is 1. The van der Waals surface area contributed by atoms with Gasteiger partial charge in [0.1, 0.15) is 10.3 Å². The second kappa shape index (κ2) is 5.06. The highest BCUT2D eigenvalue weighted by Crippen LogP contribution is 2.25. The SMILES string of the molecule is CCCc1c(Cl)nc2nc(OCC)nn2c1Cl. The van der Waals surface area contributed by atoms with E-state index in [9.17, 15) is 0 Å². The van der Waals surface area contributed by atoms with Crippen LogP contribution in [0.5, 0.6) is 6.01 Å². The summed E-state index contributed by atoms with van der Waals surface area (Å²) in [5.41, 5.74) is 0.788. The summed E-state index contributed by atoms with van der Waals surface area (Å²) >= 11 is 12.3. The van der Waals surface area contributed by atoms with Crippen LogP contribution in [0.2, 0.25) is 10.3 Å². The first-order valence-electron chi connectivity index (χ1n) is 5.40. The van der Waals surface area contributed by atoms with Crippen molar-refractivity contribution in [3.05, 3.63) is 15.9 Å². The highest BCUT2D eigenvalue weighted by atomic mass is 35.5. The van der Waals surface area contributed by atoms with Gasteiger partial charge in [-0.3, -0.25) is 0 Å². The van der Waals surface area contributed by atoms with Crippen LogP contribution in [0, 0.1) is 0 Å². The zero-order valence-electron chi connectivity index (χ0n) is 9.57. The molecule has 0 spiro atoms. The van der Waals surface area contributed by atoms with E-state index in [2.05, 4.69) is 15.1 Å². The Balaban J connectivity index is 2.56.